The molecule has 4 N–H and O–H groups in total. The molecule has 0 bridgehead atoms. The molecule has 0 aromatic heterocycles. The Labute approximate surface area is 113 Å². The molecule has 21 heavy (non-hydrogen) atoms. The van der Waals surface area contributed by atoms with Gasteiger partial charge in [-0.05, 0) is 14.1 Å². The van der Waals surface area contributed by atoms with Crippen molar-refractivity contribution in [3.63, 3.8) is 0 Å². The van der Waals surface area contributed by atoms with E-state index in [1.54, 1.807) is 19.0 Å². The highest BCUT2D eigenvalue weighted by Crippen LogP contribution is 2.13. The van der Waals surface area contributed by atoms with E-state index < -0.39 is 24.3 Å². The van der Waals surface area contributed by atoms with Gasteiger partial charge >= 0.3 is 24.3 Å². The number of alkyl halides is 6. The number of likely N-dealkylation sites (N-methyl/N-ethyl adjacent to an activating group) is 1. The van der Waals surface area contributed by atoms with Crippen molar-refractivity contribution in [2.45, 2.75) is 12.4 Å². The molecule has 0 heterocycles. The van der Waals surface area contributed by atoms with Gasteiger partial charge in [-0.3, -0.25) is 4.79 Å². The van der Waals surface area contributed by atoms with Gasteiger partial charge < -0.3 is 20.8 Å². The van der Waals surface area contributed by atoms with Crippen molar-refractivity contribution in [2.75, 3.05) is 20.6 Å². The van der Waals surface area contributed by atoms with E-state index in [1.165, 1.54) is 0 Å². The number of nitrogens with two attached hydrogens (primary N) is 1. The van der Waals surface area contributed by atoms with Gasteiger partial charge in [0, 0.05) is 0 Å². The maximum atomic E-state index is 10.6. The summed E-state index contributed by atoms with van der Waals surface area (Å²) >= 11 is 0. The molecule has 126 valence electrons. The maximum Gasteiger partial charge on any atom is 0.490 e. The molecule has 0 aromatic carbocycles. The van der Waals surface area contributed by atoms with Crippen LogP contribution < -0.4 is 5.73 Å². The highest BCUT2D eigenvalue weighted by Gasteiger charge is 2.38. The Morgan fingerprint density at radius 3 is 1.10 bits per heavy atom. The number of carboxylic acid groups (broad SMARTS) is 2. The average Bonchev–Trinajstić information content (AvgIpc) is 2.13. The van der Waals surface area contributed by atoms with Gasteiger partial charge in [-0.15, -0.1) is 0 Å². The number of hydrogen-bond acceptors (Lipinski definition) is 4. The lowest BCUT2D eigenvalue weighted by molar-refractivity contribution is -0.193. The molecule has 0 unspecified atom stereocenters. The Balaban J connectivity index is -0.000000231. The van der Waals surface area contributed by atoms with Gasteiger partial charge in [0.2, 0.25) is 5.91 Å². The summed E-state index contributed by atoms with van der Waals surface area (Å²) in [5, 5.41) is 14.2. The van der Waals surface area contributed by atoms with Gasteiger partial charge in [-0.25, -0.2) is 9.59 Å². The third-order valence-corrected chi connectivity index (χ3v) is 0.957. The number of primary amides is 1. The van der Waals surface area contributed by atoms with Crippen LogP contribution in [0.3, 0.4) is 0 Å². The van der Waals surface area contributed by atoms with E-state index in [-0.39, 0.29) is 5.91 Å². The molecule has 13 heteroatoms. The summed E-state index contributed by atoms with van der Waals surface area (Å²) in [4.78, 5) is 29.5. The Bertz CT molecular complexity index is 328. The lowest BCUT2D eigenvalue weighted by Gasteiger charge is -2.02. The number of carbonyl (C=O) groups is 3. The molecule has 0 radical (unpaired) electrons. The molecule has 0 aliphatic rings. The van der Waals surface area contributed by atoms with Gasteiger partial charge in [-0.1, -0.05) is 0 Å². The SMILES string of the molecule is CN(C)CC(N)=O.O=C(O)C(F)(F)F.O=C(O)C(F)(F)F. The first kappa shape index (κ1) is 24.0. The lowest BCUT2D eigenvalue weighted by atomic mass is 10.6. The monoisotopic (exact) mass is 330 g/mol. The average molecular weight is 330 g/mol. The van der Waals surface area contributed by atoms with Crippen LogP contribution in [0.25, 0.3) is 0 Å². The second-order valence-electron chi connectivity index (χ2n) is 3.31. The zero-order valence-corrected chi connectivity index (χ0v) is 10.6. The van der Waals surface area contributed by atoms with E-state index in [0.717, 1.165) is 0 Å². The molecule has 0 atom stereocenters. The maximum absolute atomic E-state index is 10.6. The number of nitrogens with zero attached hydrogens (tertiary/aromatic N) is 1. The minimum absolute atomic E-state index is 0.287. The normalized spacial score (nSPS) is 10.7. The van der Waals surface area contributed by atoms with Crippen molar-refractivity contribution >= 4 is 17.8 Å². The quantitative estimate of drug-likeness (QED) is 0.626. The molecule has 0 aliphatic heterocycles. The van der Waals surface area contributed by atoms with Crippen LogP contribution >= 0.6 is 0 Å². The zero-order valence-electron chi connectivity index (χ0n) is 10.6. The minimum Gasteiger partial charge on any atom is -0.475 e. The second kappa shape index (κ2) is 9.79. The summed E-state index contributed by atoms with van der Waals surface area (Å²) in [6.07, 6.45) is -10.2. The van der Waals surface area contributed by atoms with Crippen LogP contribution in [0.1, 0.15) is 0 Å². The second-order valence-corrected chi connectivity index (χ2v) is 3.31. The number of rotatable bonds is 2. The molecule has 0 spiro atoms. The summed E-state index contributed by atoms with van der Waals surface area (Å²) in [5.41, 5.74) is 4.81. The highest BCUT2D eigenvalue weighted by molar-refractivity contribution is 5.75. The zero-order chi connectivity index (χ0) is 18.0. The van der Waals surface area contributed by atoms with E-state index in [2.05, 4.69) is 0 Å². The van der Waals surface area contributed by atoms with E-state index in [9.17, 15) is 31.1 Å². The minimum atomic E-state index is -5.08. The molecule has 0 aliphatic carbocycles. The first-order valence-corrected chi connectivity index (χ1v) is 4.55. The number of halogens is 6. The van der Waals surface area contributed by atoms with Crippen molar-refractivity contribution < 1.29 is 50.9 Å². The van der Waals surface area contributed by atoms with Crippen LogP contribution in [0.5, 0.6) is 0 Å². The van der Waals surface area contributed by atoms with Crippen molar-refractivity contribution in [1.29, 1.82) is 0 Å². The van der Waals surface area contributed by atoms with Crippen molar-refractivity contribution in [1.82, 2.24) is 4.90 Å². The van der Waals surface area contributed by atoms with Crippen molar-refractivity contribution in [3.05, 3.63) is 0 Å². The standard InChI is InChI=1S/C4H10N2O.2C2HF3O2/c1-6(2)3-4(5)7;2*3-2(4,5)1(6)7/h3H2,1-2H3,(H2,5,7);2*(H,6,7). The van der Waals surface area contributed by atoms with Gasteiger partial charge in [0.25, 0.3) is 0 Å². The van der Waals surface area contributed by atoms with Gasteiger partial charge in [0.1, 0.15) is 0 Å². The lowest BCUT2D eigenvalue weighted by Crippen LogP contribution is -2.27. The molecular formula is C8H12F6N2O5. The smallest absolute Gasteiger partial charge is 0.475 e. The van der Waals surface area contributed by atoms with E-state index in [0.29, 0.717) is 6.54 Å². The number of carboxylic acids is 2. The van der Waals surface area contributed by atoms with Crippen LogP contribution in [-0.4, -0.2) is 66.0 Å². The number of aliphatic carboxylic acids is 2. The van der Waals surface area contributed by atoms with Crippen LogP contribution in [0, 0.1) is 0 Å². The number of hydrogen-bond donors (Lipinski definition) is 3. The Hall–Kier alpha value is -2.05. The molecule has 0 saturated carbocycles. The van der Waals surface area contributed by atoms with Crippen molar-refractivity contribution in [3.8, 4) is 0 Å². The highest BCUT2D eigenvalue weighted by atomic mass is 19.4. The topological polar surface area (TPSA) is 121 Å². The van der Waals surface area contributed by atoms with E-state index in [1.807, 2.05) is 0 Å². The predicted molar refractivity (Wildman–Crippen MR) is 55.1 cm³/mol. The fraction of sp³-hybridized carbons (Fsp3) is 0.625. The third kappa shape index (κ3) is 23.5. The van der Waals surface area contributed by atoms with Crippen LogP contribution in [0.4, 0.5) is 26.3 Å². The largest absolute Gasteiger partial charge is 0.490 e. The Morgan fingerprint density at radius 1 is 0.905 bits per heavy atom. The van der Waals surface area contributed by atoms with Crippen LogP contribution in [-0.2, 0) is 14.4 Å². The van der Waals surface area contributed by atoms with Gasteiger partial charge in [-0.2, -0.15) is 26.3 Å². The molecule has 0 saturated heterocycles. The van der Waals surface area contributed by atoms with E-state index in [4.69, 9.17) is 25.5 Å². The molecule has 0 fully saturated rings. The molecular weight excluding hydrogens is 318 g/mol. The molecule has 0 aromatic rings. The summed E-state index contributed by atoms with van der Waals surface area (Å²) < 4.78 is 63.5. The van der Waals surface area contributed by atoms with Crippen LogP contribution in [0.2, 0.25) is 0 Å². The fourth-order valence-electron chi connectivity index (χ4n) is 0.312. The Morgan fingerprint density at radius 2 is 1.10 bits per heavy atom. The van der Waals surface area contributed by atoms with E-state index >= 15 is 0 Å². The third-order valence-electron chi connectivity index (χ3n) is 0.957. The first-order valence-electron chi connectivity index (χ1n) is 4.55. The van der Waals surface area contributed by atoms with Gasteiger partial charge in [0.15, 0.2) is 0 Å². The van der Waals surface area contributed by atoms with Crippen molar-refractivity contribution in [2.24, 2.45) is 5.73 Å². The van der Waals surface area contributed by atoms with Gasteiger partial charge in [0.05, 0.1) is 6.54 Å². The number of carbonyl (C=O) groups excluding carboxylic acids is 1. The Kier molecular flexibility index (Phi) is 11.2. The molecule has 7 nitrogen and oxygen atoms in total. The summed E-state index contributed by atoms with van der Waals surface area (Å²) in [5.74, 6) is -5.80. The molecule has 1 amide bonds. The predicted octanol–water partition coefficient (Wildman–Crippen LogP) is 0.300. The fourth-order valence-corrected chi connectivity index (χ4v) is 0.312. The summed E-state index contributed by atoms with van der Waals surface area (Å²) in [7, 11) is 3.59. The van der Waals surface area contributed by atoms with Crippen LogP contribution in [0.15, 0.2) is 0 Å². The molecule has 0 rings (SSSR count). The number of amides is 1. The summed E-state index contributed by atoms with van der Waals surface area (Å²) in [6, 6.07) is 0. The summed E-state index contributed by atoms with van der Waals surface area (Å²) in [6.45, 7) is 0.333. The first-order chi connectivity index (χ1) is 9.01.